The Morgan fingerprint density at radius 3 is 2.90 bits per heavy atom. The molecular weight excluding hydrogens is 278 g/mol. The number of benzene rings is 1. The summed E-state index contributed by atoms with van der Waals surface area (Å²) in [4.78, 5) is 5.88. The first-order valence-corrected chi connectivity index (χ1v) is 8.67. The van der Waals surface area contributed by atoms with Gasteiger partial charge in [-0.05, 0) is 38.9 Å². The van der Waals surface area contributed by atoms with E-state index in [0.717, 1.165) is 31.1 Å². The zero-order chi connectivity index (χ0) is 15.1. The Morgan fingerprint density at radius 2 is 2.19 bits per heavy atom. The topological polar surface area (TPSA) is 29.9 Å². The molecule has 4 heteroatoms. The molecule has 114 valence electrons. The molecule has 1 heterocycles. The van der Waals surface area contributed by atoms with Gasteiger partial charge in [0.25, 0.3) is 0 Å². The second-order valence-electron chi connectivity index (χ2n) is 5.21. The maximum atomic E-state index is 4.56. The third-order valence-electron chi connectivity index (χ3n) is 3.45. The van der Waals surface area contributed by atoms with Crippen LogP contribution in [0.2, 0.25) is 0 Å². The van der Waals surface area contributed by atoms with Crippen LogP contribution < -0.4 is 5.32 Å². The van der Waals surface area contributed by atoms with Gasteiger partial charge in [-0.1, -0.05) is 24.6 Å². The predicted molar refractivity (Wildman–Crippen MR) is 90.8 cm³/mol. The van der Waals surface area contributed by atoms with Crippen molar-refractivity contribution in [2.24, 2.45) is 0 Å². The van der Waals surface area contributed by atoms with Gasteiger partial charge in [-0.15, -0.1) is 11.8 Å². The van der Waals surface area contributed by atoms with Gasteiger partial charge in [0.2, 0.25) is 0 Å². The molecule has 2 rings (SSSR count). The summed E-state index contributed by atoms with van der Waals surface area (Å²) >= 11 is 1.89. The molecule has 1 N–H and O–H groups in total. The SMILES string of the molecule is CCCNC(CSc1cccc(C)c1)c1nccn1CC. The number of hydrogen-bond donors (Lipinski definition) is 1. The normalized spacial score (nSPS) is 12.5. The van der Waals surface area contributed by atoms with Crippen molar-refractivity contribution in [3.05, 3.63) is 48.0 Å². The predicted octanol–water partition coefficient (Wildman–Crippen LogP) is 4.04. The van der Waals surface area contributed by atoms with Crippen molar-refractivity contribution in [3.63, 3.8) is 0 Å². The number of imidazole rings is 1. The van der Waals surface area contributed by atoms with E-state index >= 15 is 0 Å². The molecule has 0 fully saturated rings. The Kier molecular flexibility index (Phi) is 6.33. The number of hydrogen-bond acceptors (Lipinski definition) is 3. The number of rotatable bonds is 8. The highest BCUT2D eigenvalue weighted by atomic mass is 32.2. The fourth-order valence-corrected chi connectivity index (χ4v) is 3.40. The maximum absolute atomic E-state index is 4.56. The van der Waals surface area contributed by atoms with Crippen molar-refractivity contribution in [1.29, 1.82) is 0 Å². The Bertz CT molecular complexity index is 550. The van der Waals surface area contributed by atoms with Crippen LogP contribution in [0.3, 0.4) is 0 Å². The van der Waals surface area contributed by atoms with Crippen LogP contribution >= 0.6 is 11.8 Å². The van der Waals surface area contributed by atoms with Gasteiger partial charge in [0.05, 0.1) is 6.04 Å². The van der Waals surface area contributed by atoms with Crippen LogP contribution in [-0.2, 0) is 6.54 Å². The molecule has 1 unspecified atom stereocenters. The van der Waals surface area contributed by atoms with E-state index in [4.69, 9.17) is 0 Å². The molecule has 0 aliphatic rings. The Balaban J connectivity index is 2.06. The van der Waals surface area contributed by atoms with Crippen LogP contribution in [-0.4, -0.2) is 21.8 Å². The van der Waals surface area contributed by atoms with Gasteiger partial charge in [-0.3, -0.25) is 0 Å². The van der Waals surface area contributed by atoms with Crippen LogP contribution in [0.1, 0.15) is 37.7 Å². The highest BCUT2D eigenvalue weighted by Gasteiger charge is 2.16. The number of nitrogens with zero attached hydrogens (tertiary/aromatic N) is 2. The molecule has 0 bridgehead atoms. The summed E-state index contributed by atoms with van der Waals surface area (Å²) in [6.07, 6.45) is 5.10. The molecule has 1 atom stereocenters. The molecule has 0 saturated carbocycles. The fraction of sp³-hybridized carbons (Fsp3) is 0.471. The van der Waals surface area contributed by atoms with E-state index in [1.165, 1.54) is 10.5 Å². The largest absolute Gasteiger partial charge is 0.334 e. The Hall–Kier alpha value is -1.26. The van der Waals surface area contributed by atoms with Gasteiger partial charge in [-0.2, -0.15) is 0 Å². The summed E-state index contributed by atoms with van der Waals surface area (Å²) in [6, 6.07) is 8.99. The number of thioether (sulfide) groups is 1. The number of aromatic nitrogens is 2. The van der Waals surface area contributed by atoms with Crippen LogP contribution in [0.25, 0.3) is 0 Å². The van der Waals surface area contributed by atoms with Crippen LogP contribution in [0, 0.1) is 6.92 Å². The molecule has 0 saturated heterocycles. The lowest BCUT2D eigenvalue weighted by Gasteiger charge is -2.19. The van der Waals surface area contributed by atoms with Crippen molar-refractivity contribution in [3.8, 4) is 0 Å². The first-order valence-electron chi connectivity index (χ1n) is 7.68. The van der Waals surface area contributed by atoms with Crippen LogP contribution in [0.5, 0.6) is 0 Å². The van der Waals surface area contributed by atoms with E-state index in [9.17, 15) is 0 Å². The second-order valence-corrected chi connectivity index (χ2v) is 6.30. The first kappa shape index (κ1) is 16.1. The smallest absolute Gasteiger partial charge is 0.126 e. The molecule has 2 aromatic rings. The Labute approximate surface area is 132 Å². The minimum absolute atomic E-state index is 0.297. The van der Waals surface area contributed by atoms with Gasteiger partial charge in [0.1, 0.15) is 5.82 Å². The quantitative estimate of drug-likeness (QED) is 0.746. The first-order chi connectivity index (χ1) is 10.2. The van der Waals surface area contributed by atoms with Gasteiger partial charge in [0.15, 0.2) is 0 Å². The summed E-state index contributed by atoms with van der Waals surface area (Å²) in [5.74, 6) is 2.15. The van der Waals surface area contributed by atoms with Crippen molar-refractivity contribution in [2.45, 2.75) is 44.7 Å². The van der Waals surface area contributed by atoms with Crippen molar-refractivity contribution < 1.29 is 0 Å². The summed E-state index contributed by atoms with van der Waals surface area (Å²) < 4.78 is 2.23. The van der Waals surface area contributed by atoms with Gasteiger partial charge < -0.3 is 9.88 Å². The van der Waals surface area contributed by atoms with E-state index in [0.29, 0.717) is 6.04 Å². The number of aryl methyl sites for hydroxylation is 2. The van der Waals surface area contributed by atoms with Gasteiger partial charge >= 0.3 is 0 Å². The summed E-state index contributed by atoms with van der Waals surface area (Å²) in [6.45, 7) is 8.49. The third-order valence-corrected chi connectivity index (χ3v) is 4.53. The standard InChI is InChI=1S/C17H25N3S/c1-4-9-18-16(17-19-10-11-20(17)5-2)13-21-15-8-6-7-14(3)12-15/h6-8,10-12,16,18H,4-5,9,13H2,1-3H3. The minimum Gasteiger partial charge on any atom is -0.334 e. The summed E-state index contributed by atoms with van der Waals surface area (Å²) in [7, 11) is 0. The average Bonchev–Trinajstić information content (AvgIpc) is 2.96. The minimum atomic E-state index is 0.297. The van der Waals surface area contributed by atoms with Crippen molar-refractivity contribution >= 4 is 11.8 Å². The van der Waals surface area contributed by atoms with Crippen molar-refractivity contribution in [1.82, 2.24) is 14.9 Å². The molecule has 1 aromatic carbocycles. The zero-order valence-corrected chi connectivity index (χ0v) is 14.0. The Morgan fingerprint density at radius 1 is 1.33 bits per heavy atom. The monoisotopic (exact) mass is 303 g/mol. The van der Waals surface area contributed by atoms with Crippen molar-refractivity contribution in [2.75, 3.05) is 12.3 Å². The molecule has 3 nitrogen and oxygen atoms in total. The molecule has 21 heavy (non-hydrogen) atoms. The molecule has 0 spiro atoms. The summed E-state index contributed by atoms with van der Waals surface area (Å²) in [5, 5.41) is 3.63. The van der Waals surface area contributed by atoms with Gasteiger partial charge in [-0.25, -0.2) is 4.98 Å². The molecule has 1 aromatic heterocycles. The highest BCUT2D eigenvalue weighted by Crippen LogP contribution is 2.25. The lowest BCUT2D eigenvalue weighted by Crippen LogP contribution is -2.27. The molecule has 0 amide bonds. The number of nitrogens with one attached hydrogen (secondary N) is 1. The molecule has 0 aliphatic heterocycles. The lowest BCUT2D eigenvalue weighted by molar-refractivity contribution is 0.523. The van der Waals surface area contributed by atoms with Crippen LogP contribution in [0.15, 0.2) is 41.6 Å². The van der Waals surface area contributed by atoms with E-state index in [1.807, 2.05) is 18.0 Å². The third kappa shape index (κ3) is 4.61. The fourth-order valence-electron chi connectivity index (χ4n) is 2.33. The maximum Gasteiger partial charge on any atom is 0.126 e. The molecule has 0 aliphatic carbocycles. The summed E-state index contributed by atoms with van der Waals surface area (Å²) in [5.41, 5.74) is 1.31. The molecule has 0 radical (unpaired) electrons. The lowest BCUT2D eigenvalue weighted by atomic mass is 10.2. The van der Waals surface area contributed by atoms with Gasteiger partial charge in [0, 0.05) is 29.6 Å². The van der Waals surface area contributed by atoms with E-state index < -0.39 is 0 Å². The van der Waals surface area contributed by atoms with Crippen LogP contribution in [0.4, 0.5) is 0 Å². The molecular formula is C17H25N3S. The van der Waals surface area contributed by atoms with E-state index in [-0.39, 0.29) is 0 Å². The second kappa shape index (κ2) is 8.25. The average molecular weight is 303 g/mol. The highest BCUT2D eigenvalue weighted by molar-refractivity contribution is 7.99. The van der Waals surface area contributed by atoms with E-state index in [1.54, 1.807) is 0 Å². The van der Waals surface area contributed by atoms with E-state index in [2.05, 4.69) is 66.1 Å². The zero-order valence-electron chi connectivity index (χ0n) is 13.2.